The van der Waals surface area contributed by atoms with E-state index in [1.165, 1.54) is 22.3 Å². The molecular formula is C24H25ClFNO2S. The molecule has 2 aromatic heterocycles. The fourth-order valence-corrected chi connectivity index (χ4v) is 5.96. The summed E-state index contributed by atoms with van der Waals surface area (Å²) >= 11 is 7.80. The number of pyridine rings is 1. The molecule has 1 saturated carbocycles. The molecule has 30 heavy (non-hydrogen) atoms. The number of benzene rings is 1. The summed E-state index contributed by atoms with van der Waals surface area (Å²) in [7, 11) is 0. The summed E-state index contributed by atoms with van der Waals surface area (Å²) in [5.74, 6) is -0.420. The van der Waals surface area contributed by atoms with Crippen LogP contribution in [0, 0.1) is 11.8 Å². The summed E-state index contributed by atoms with van der Waals surface area (Å²) < 4.78 is 14.4. The van der Waals surface area contributed by atoms with Crippen LogP contribution in [-0.4, -0.2) is 27.6 Å². The van der Waals surface area contributed by atoms with Crippen LogP contribution in [0.4, 0.5) is 4.39 Å². The van der Waals surface area contributed by atoms with Gasteiger partial charge in [-0.3, -0.25) is 4.98 Å². The van der Waals surface area contributed by atoms with Crippen LogP contribution < -0.4 is 0 Å². The molecule has 0 bridgehead atoms. The van der Waals surface area contributed by atoms with E-state index >= 15 is 0 Å². The first-order valence-electron chi connectivity index (χ1n) is 10.4. The predicted octanol–water partition coefficient (Wildman–Crippen LogP) is 6.53. The molecule has 0 amide bonds. The van der Waals surface area contributed by atoms with Gasteiger partial charge in [0, 0.05) is 22.7 Å². The quantitative estimate of drug-likeness (QED) is 0.401. The van der Waals surface area contributed by atoms with Crippen LogP contribution in [0.1, 0.15) is 45.8 Å². The maximum atomic E-state index is 14.4. The van der Waals surface area contributed by atoms with Crippen LogP contribution in [0.15, 0.2) is 48.8 Å². The molecule has 6 heteroatoms. The number of carboxylic acids is 1. The van der Waals surface area contributed by atoms with E-state index in [0.29, 0.717) is 11.3 Å². The Morgan fingerprint density at radius 3 is 2.83 bits per heavy atom. The van der Waals surface area contributed by atoms with Gasteiger partial charge >= 0.3 is 5.97 Å². The Kier molecular flexibility index (Phi) is 6.69. The minimum absolute atomic E-state index is 0.174. The molecule has 3 nitrogen and oxygen atoms in total. The van der Waals surface area contributed by atoms with E-state index in [9.17, 15) is 9.18 Å². The van der Waals surface area contributed by atoms with Crippen LogP contribution >= 0.6 is 22.9 Å². The van der Waals surface area contributed by atoms with Crippen molar-refractivity contribution in [3.8, 4) is 0 Å². The average molecular weight is 446 g/mol. The molecular weight excluding hydrogens is 421 g/mol. The number of aromatic carboxylic acids is 1. The van der Waals surface area contributed by atoms with E-state index in [1.807, 2.05) is 18.3 Å². The van der Waals surface area contributed by atoms with Gasteiger partial charge in [0.05, 0.1) is 5.38 Å². The highest BCUT2D eigenvalue weighted by Crippen LogP contribution is 2.43. The molecule has 1 aliphatic rings. The van der Waals surface area contributed by atoms with Crippen molar-refractivity contribution in [2.45, 2.75) is 50.1 Å². The second-order valence-corrected chi connectivity index (χ2v) is 9.85. The fourth-order valence-electron chi connectivity index (χ4n) is 4.64. The number of aryl methyl sites for hydroxylation is 2. The zero-order chi connectivity index (χ0) is 21.1. The van der Waals surface area contributed by atoms with Crippen molar-refractivity contribution in [1.82, 2.24) is 4.98 Å². The molecule has 4 rings (SSSR count). The van der Waals surface area contributed by atoms with Gasteiger partial charge in [0.2, 0.25) is 0 Å². The first-order valence-corrected chi connectivity index (χ1v) is 11.7. The summed E-state index contributed by atoms with van der Waals surface area (Å²) in [6.07, 6.45) is 7.73. The van der Waals surface area contributed by atoms with E-state index in [-0.39, 0.29) is 11.8 Å². The van der Waals surface area contributed by atoms with Crippen molar-refractivity contribution in [3.63, 3.8) is 0 Å². The van der Waals surface area contributed by atoms with E-state index < -0.39 is 17.5 Å². The third kappa shape index (κ3) is 4.84. The van der Waals surface area contributed by atoms with Gasteiger partial charge < -0.3 is 5.11 Å². The monoisotopic (exact) mass is 445 g/mol. The Bertz CT molecular complexity index is 1020. The second kappa shape index (κ2) is 9.44. The third-order valence-corrected chi connectivity index (χ3v) is 7.96. The summed E-state index contributed by atoms with van der Waals surface area (Å²) in [5.41, 5.74) is 1.25. The Balaban J connectivity index is 1.34. The number of nitrogens with zero attached hydrogens (tertiary/aromatic N) is 1. The van der Waals surface area contributed by atoms with Gasteiger partial charge in [-0.1, -0.05) is 18.2 Å². The van der Waals surface area contributed by atoms with Crippen molar-refractivity contribution in [3.05, 3.63) is 64.1 Å². The standard InChI is InChI=1S/C24H25ClFNO2S/c25-23-20(8-5-15-4-6-18-14-27-11-10-16(18)12-15)17(13-21(23)26)2-1-3-19-7-9-22(30-19)24(28)29/h4,6-7,9-12,14,17,20-21,23H,1-3,5,8,13H2,(H,28,29)/t17-,20+,21?,23?/m0/s1. The highest BCUT2D eigenvalue weighted by molar-refractivity contribution is 7.13. The molecule has 158 valence electrons. The zero-order valence-electron chi connectivity index (χ0n) is 16.6. The smallest absolute Gasteiger partial charge is 0.345 e. The van der Waals surface area contributed by atoms with Crippen molar-refractivity contribution in [2.24, 2.45) is 11.8 Å². The van der Waals surface area contributed by atoms with Gasteiger partial charge in [-0.25, -0.2) is 9.18 Å². The minimum atomic E-state index is -0.940. The van der Waals surface area contributed by atoms with Gasteiger partial charge in [-0.15, -0.1) is 22.9 Å². The van der Waals surface area contributed by atoms with Crippen LogP contribution in [0.2, 0.25) is 0 Å². The molecule has 0 spiro atoms. The summed E-state index contributed by atoms with van der Waals surface area (Å²) in [6, 6.07) is 12.0. The lowest BCUT2D eigenvalue weighted by Gasteiger charge is -2.21. The molecule has 4 atom stereocenters. The first-order chi connectivity index (χ1) is 14.5. The number of aromatic nitrogens is 1. The summed E-state index contributed by atoms with van der Waals surface area (Å²) in [5, 5.41) is 10.9. The SMILES string of the molecule is O=C(O)c1ccc(CCC[C@H]2CC(F)C(Cl)[C@@H]2CCc2ccc3cnccc3c2)s1. The molecule has 2 heterocycles. The molecule has 0 radical (unpaired) electrons. The van der Waals surface area contributed by atoms with E-state index in [0.717, 1.165) is 42.4 Å². The highest BCUT2D eigenvalue weighted by atomic mass is 35.5. The van der Waals surface area contributed by atoms with E-state index in [1.54, 1.807) is 12.3 Å². The lowest BCUT2D eigenvalue weighted by molar-refractivity contribution is 0.0702. The second-order valence-electron chi connectivity index (χ2n) is 8.18. The number of fused-ring (bicyclic) bond motifs is 1. The molecule has 0 saturated heterocycles. The van der Waals surface area contributed by atoms with Crippen LogP contribution in [0.25, 0.3) is 10.8 Å². The van der Waals surface area contributed by atoms with Crippen LogP contribution in [0.3, 0.4) is 0 Å². The maximum absolute atomic E-state index is 14.4. The number of thiophene rings is 1. The Labute approximate surface area is 184 Å². The molecule has 1 aromatic carbocycles. The molecule has 3 aromatic rings. The van der Waals surface area contributed by atoms with Gasteiger partial charge in [0.1, 0.15) is 11.0 Å². The normalized spacial score (nSPS) is 23.8. The van der Waals surface area contributed by atoms with E-state index in [2.05, 4.69) is 23.2 Å². The number of hydrogen-bond donors (Lipinski definition) is 1. The molecule has 1 aliphatic carbocycles. The number of carbonyl (C=O) groups is 1. The summed E-state index contributed by atoms with van der Waals surface area (Å²) in [6.45, 7) is 0. The zero-order valence-corrected chi connectivity index (χ0v) is 18.2. The lowest BCUT2D eigenvalue weighted by Crippen LogP contribution is -2.19. The first kappa shape index (κ1) is 21.3. The van der Waals surface area contributed by atoms with Gasteiger partial charge in [0.15, 0.2) is 0 Å². The lowest BCUT2D eigenvalue weighted by atomic mass is 9.86. The van der Waals surface area contributed by atoms with Crippen LogP contribution in [0.5, 0.6) is 0 Å². The number of halogens is 2. The molecule has 0 aliphatic heterocycles. The number of hydrogen-bond acceptors (Lipinski definition) is 3. The average Bonchev–Trinajstić information content (AvgIpc) is 3.32. The highest BCUT2D eigenvalue weighted by Gasteiger charge is 2.41. The summed E-state index contributed by atoms with van der Waals surface area (Å²) in [4.78, 5) is 16.6. The van der Waals surface area contributed by atoms with Gasteiger partial charge in [-0.05, 0) is 79.5 Å². The van der Waals surface area contributed by atoms with Gasteiger partial charge in [0.25, 0.3) is 0 Å². The third-order valence-electron chi connectivity index (χ3n) is 6.23. The number of alkyl halides is 2. The predicted molar refractivity (Wildman–Crippen MR) is 120 cm³/mol. The number of rotatable bonds is 8. The molecule has 1 N–H and O–H groups in total. The van der Waals surface area contributed by atoms with Crippen LogP contribution in [-0.2, 0) is 12.8 Å². The molecule has 2 unspecified atom stereocenters. The Morgan fingerprint density at radius 2 is 2.03 bits per heavy atom. The van der Waals surface area contributed by atoms with Crippen molar-refractivity contribution in [2.75, 3.05) is 0 Å². The molecule has 1 fully saturated rings. The van der Waals surface area contributed by atoms with Crippen molar-refractivity contribution >= 4 is 39.7 Å². The fraction of sp³-hybridized carbons (Fsp3) is 0.417. The number of carboxylic acid groups (broad SMARTS) is 1. The van der Waals surface area contributed by atoms with E-state index in [4.69, 9.17) is 16.7 Å². The largest absolute Gasteiger partial charge is 0.477 e. The van der Waals surface area contributed by atoms with Crippen molar-refractivity contribution in [1.29, 1.82) is 0 Å². The topological polar surface area (TPSA) is 50.2 Å². The Morgan fingerprint density at radius 1 is 1.17 bits per heavy atom. The van der Waals surface area contributed by atoms with Gasteiger partial charge in [-0.2, -0.15) is 0 Å². The minimum Gasteiger partial charge on any atom is -0.477 e. The van der Waals surface area contributed by atoms with Crippen molar-refractivity contribution < 1.29 is 14.3 Å². The maximum Gasteiger partial charge on any atom is 0.345 e. The Hall–Kier alpha value is -1.98.